The highest BCUT2D eigenvalue weighted by atomic mass is 16.6. The van der Waals surface area contributed by atoms with Crippen molar-refractivity contribution in [3.63, 3.8) is 0 Å². The van der Waals surface area contributed by atoms with E-state index in [9.17, 15) is 4.79 Å². The second-order valence-corrected chi connectivity index (χ2v) is 10.7. The van der Waals surface area contributed by atoms with E-state index in [-0.39, 0.29) is 11.6 Å². The Labute approximate surface area is 177 Å². The molecule has 3 atom stereocenters. The average Bonchev–Trinajstić information content (AvgIpc) is 2.92. The molecule has 29 heavy (non-hydrogen) atoms. The predicted molar refractivity (Wildman–Crippen MR) is 118 cm³/mol. The van der Waals surface area contributed by atoms with Gasteiger partial charge in [0.25, 0.3) is 0 Å². The van der Waals surface area contributed by atoms with Gasteiger partial charge in [0.15, 0.2) is 0 Å². The molecule has 0 spiro atoms. The van der Waals surface area contributed by atoms with Crippen LogP contribution in [0.2, 0.25) is 0 Å². The van der Waals surface area contributed by atoms with Gasteiger partial charge >= 0.3 is 5.97 Å². The van der Waals surface area contributed by atoms with E-state index in [1.807, 2.05) is 33.0 Å². The molecule has 2 aliphatic rings. The van der Waals surface area contributed by atoms with Crippen molar-refractivity contribution in [2.24, 2.45) is 23.7 Å². The molecule has 2 saturated carbocycles. The molecule has 0 radical (unpaired) electrons. The summed E-state index contributed by atoms with van der Waals surface area (Å²) in [6, 6.07) is 4.09. The number of carbonyl (C=O) groups excluding carboxylic acids is 1. The third-order valence-corrected chi connectivity index (χ3v) is 7.04. The van der Waals surface area contributed by atoms with E-state index in [0.29, 0.717) is 18.2 Å². The summed E-state index contributed by atoms with van der Waals surface area (Å²) in [6.07, 6.45) is 12.8. The molecule has 2 aliphatic carbocycles. The minimum Gasteiger partial charge on any atom is -0.460 e. The molecule has 1 aromatic heterocycles. The van der Waals surface area contributed by atoms with Crippen LogP contribution in [-0.4, -0.2) is 16.6 Å². The molecule has 3 rings (SSSR count). The van der Waals surface area contributed by atoms with Crippen molar-refractivity contribution in [1.29, 1.82) is 0 Å². The second-order valence-electron chi connectivity index (χ2n) is 10.7. The van der Waals surface area contributed by atoms with E-state index in [1.165, 1.54) is 50.5 Å². The summed E-state index contributed by atoms with van der Waals surface area (Å²) in [7, 11) is 0. The number of rotatable bonds is 6. The summed E-state index contributed by atoms with van der Waals surface area (Å²) >= 11 is 0. The van der Waals surface area contributed by atoms with Crippen LogP contribution in [0.15, 0.2) is 18.3 Å². The van der Waals surface area contributed by atoms with Crippen molar-refractivity contribution in [2.75, 3.05) is 5.73 Å². The van der Waals surface area contributed by atoms with E-state index in [1.54, 1.807) is 0 Å². The number of pyridine rings is 1. The first-order chi connectivity index (χ1) is 13.7. The van der Waals surface area contributed by atoms with Crippen LogP contribution in [0, 0.1) is 23.7 Å². The van der Waals surface area contributed by atoms with Crippen LogP contribution in [0.1, 0.15) is 97.0 Å². The Morgan fingerprint density at radius 3 is 2.38 bits per heavy atom. The normalized spacial score (nSPS) is 28.4. The highest BCUT2D eigenvalue weighted by Crippen LogP contribution is 2.47. The van der Waals surface area contributed by atoms with Crippen LogP contribution in [0.5, 0.6) is 0 Å². The zero-order chi connectivity index (χ0) is 21.0. The van der Waals surface area contributed by atoms with Gasteiger partial charge in [0, 0.05) is 12.6 Å². The van der Waals surface area contributed by atoms with Crippen LogP contribution >= 0.6 is 0 Å². The SMILES string of the molecule is CC(c1ccc(N)nc1)C1CC2CCC(CC(CCCC(=O)OC(C)(C)C)C2)C1. The topological polar surface area (TPSA) is 65.2 Å². The molecule has 0 amide bonds. The maximum atomic E-state index is 12.0. The summed E-state index contributed by atoms with van der Waals surface area (Å²) in [5.41, 5.74) is 6.73. The fourth-order valence-electron chi connectivity index (χ4n) is 5.66. The molecule has 3 unspecified atom stereocenters. The molecule has 0 aromatic carbocycles. The smallest absolute Gasteiger partial charge is 0.306 e. The lowest BCUT2D eigenvalue weighted by Gasteiger charge is -2.33. The van der Waals surface area contributed by atoms with E-state index in [2.05, 4.69) is 18.0 Å². The van der Waals surface area contributed by atoms with E-state index in [4.69, 9.17) is 10.5 Å². The van der Waals surface area contributed by atoms with Gasteiger partial charge in [-0.1, -0.05) is 25.8 Å². The zero-order valence-electron chi connectivity index (χ0n) is 18.8. The largest absolute Gasteiger partial charge is 0.460 e. The Hall–Kier alpha value is -1.58. The number of nitrogens with zero attached hydrogens (tertiary/aromatic N) is 1. The first kappa shape index (κ1) is 22.1. The molecule has 2 bridgehead atoms. The highest BCUT2D eigenvalue weighted by molar-refractivity contribution is 5.69. The number of nitrogen functional groups attached to an aromatic ring is 1. The highest BCUT2D eigenvalue weighted by Gasteiger charge is 2.35. The number of aromatic nitrogens is 1. The van der Waals surface area contributed by atoms with E-state index in [0.717, 1.165) is 30.1 Å². The summed E-state index contributed by atoms with van der Waals surface area (Å²) in [5.74, 6) is 4.32. The molecule has 0 saturated heterocycles. The summed E-state index contributed by atoms with van der Waals surface area (Å²) in [5, 5.41) is 0. The molecule has 1 aromatic rings. The number of hydrogen-bond donors (Lipinski definition) is 1. The Morgan fingerprint density at radius 2 is 1.83 bits per heavy atom. The molecule has 162 valence electrons. The number of esters is 1. The third-order valence-electron chi connectivity index (χ3n) is 7.04. The lowest BCUT2D eigenvalue weighted by Crippen LogP contribution is -2.24. The summed E-state index contributed by atoms with van der Waals surface area (Å²) < 4.78 is 5.46. The number of carbonyl (C=O) groups is 1. The minimum atomic E-state index is -0.373. The standard InChI is InChI=1S/C25H40N2O2/c1-17(21-10-11-23(26)27-16-21)22-14-19-8-9-20(15-22)13-18(12-19)6-5-7-24(28)29-25(2,3)4/h10-11,16-20,22H,5-9,12-15H2,1-4H3,(H2,26,27). The van der Waals surface area contributed by atoms with Gasteiger partial charge in [-0.15, -0.1) is 0 Å². The lowest BCUT2D eigenvalue weighted by atomic mass is 9.73. The molecule has 4 nitrogen and oxygen atoms in total. The minimum absolute atomic E-state index is 0.0442. The van der Waals surface area contributed by atoms with E-state index >= 15 is 0 Å². The molecular formula is C25H40N2O2. The predicted octanol–water partition coefficient (Wildman–Crippen LogP) is 6.11. The summed E-state index contributed by atoms with van der Waals surface area (Å²) in [6.45, 7) is 8.19. The quantitative estimate of drug-likeness (QED) is 0.585. The number of ether oxygens (including phenoxy) is 1. The van der Waals surface area contributed by atoms with Crippen LogP contribution < -0.4 is 5.73 Å². The number of hydrogen-bond acceptors (Lipinski definition) is 4. The van der Waals surface area contributed by atoms with Gasteiger partial charge in [0.05, 0.1) is 0 Å². The maximum absolute atomic E-state index is 12.0. The van der Waals surface area contributed by atoms with Gasteiger partial charge in [-0.05, 0) is 101 Å². The monoisotopic (exact) mass is 400 g/mol. The van der Waals surface area contributed by atoms with Gasteiger partial charge in [-0.25, -0.2) is 4.98 Å². The maximum Gasteiger partial charge on any atom is 0.306 e. The first-order valence-electron chi connectivity index (χ1n) is 11.6. The van der Waals surface area contributed by atoms with Gasteiger partial charge in [0.1, 0.15) is 11.4 Å². The number of anilines is 1. The van der Waals surface area contributed by atoms with Gasteiger partial charge in [-0.2, -0.15) is 0 Å². The third kappa shape index (κ3) is 6.72. The second kappa shape index (κ2) is 9.49. The Balaban J connectivity index is 1.51. The number of nitrogens with two attached hydrogens (primary N) is 1. The molecule has 0 aliphatic heterocycles. The molecule has 1 heterocycles. The van der Waals surface area contributed by atoms with Crippen molar-refractivity contribution < 1.29 is 9.53 Å². The van der Waals surface area contributed by atoms with Crippen molar-refractivity contribution >= 4 is 11.8 Å². The molecule has 2 N–H and O–H groups in total. The fraction of sp³-hybridized carbons (Fsp3) is 0.760. The van der Waals surface area contributed by atoms with Crippen molar-refractivity contribution in [3.05, 3.63) is 23.9 Å². The first-order valence-corrected chi connectivity index (χ1v) is 11.6. The van der Waals surface area contributed by atoms with Gasteiger partial charge in [0.2, 0.25) is 0 Å². The van der Waals surface area contributed by atoms with E-state index < -0.39 is 0 Å². The van der Waals surface area contributed by atoms with Crippen molar-refractivity contribution in [2.45, 2.75) is 97.0 Å². The fourth-order valence-corrected chi connectivity index (χ4v) is 5.66. The van der Waals surface area contributed by atoms with Crippen LogP contribution in [-0.2, 0) is 9.53 Å². The van der Waals surface area contributed by atoms with Crippen molar-refractivity contribution in [3.8, 4) is 0 Å². The van der Waals surface area contributed by atoms with Crippen LogP contribution in [0.3, 0.4) is 0 Å². The average molecular weight is 401 g/mol. The van der Waals surface area contributed by atoms with Crippen molar-refractivity contribution in [1.82, 2.24) is 4.98 Å². The van der Waals surface area contributed by atoms with Crippen LogP contribution in [0.25, 0.3) is 0 Å². The Morgan fingerprint density at radius 1 is 1.17 bits per heavy atom. The molecule has 2 fully saturated rings. The zero-order valence-corrected chi connectivity index (χ0v) is 18.8. The molecule has 4 heteroatoms. The Bertz CT molecular complexity index is 648. The number of fused-ring (bicyclic) bond motifs is 3. The van der Waals surface area contributed by atoms with Crippen LogP contribution in [0.4, 0.5) is 5.82 Å². The van der Waals surface area contributed by atoms with Gasteiger partial charge in [-0.3, -0.25) is 4.79 Å². The van der Waals surface area contributed by atoms with Gasteiger partial charge < -0.3 is 10.5 Å². The lowest BCUT2D eigenvalue weighted by molar-refractivity contribution is -0.155. The Kier molecular flexibility index (Phi) is 7.23. The summed E-state index contributed by atoms with van der Waals surface area (Å²) in [4.78, 5) is 16.3. The molecular weight excluding hydrogens is 360 g/mol.